The number of halogens is 1. The molecule has 6 nitrogen and oxygen atoms in total. The summed E-state index contributed by atoms with van der Waals surface area (Å²) < 4.78 is 13.5. The van der Waals surface area contributed by atoms with E-state index in [-0.39, 0.29) is 12.1 Å². The van der Waals surface area contributed by atoms with Gasteiger partial charge < -0.3 is 9.47 Å². The molecule has 2 unspecified atom stereocenters. The van der Waals surface area contributed by atoms with Crippen molar-refractivity contribution in [3.8, 4) is 0 Å². The molecule has 0 radical (unpaired) electrons. The third-order valence-electron chi connectivity index (χ3n) is 3.06. The van der Waals surface area contributed by atoms with Crippen LogP contribution < -0.4 is 11.3 Å². The molecule has 2 atom stereocenters. The summed E-state index contributed by atoms with van der Waals surface area (Å²) in [5.41, 5.74) is 3.83. The van der Waals surface area contributed by atoms with Crippen molar-refractivity contribution in [1.82, 2.24) is 15.2 Å². The van der Waals surface area contributed by atoms with Crippen molar-refractivity contribution in [2.45, 2.75) is 38.5 Å². The van der Waals surface area contributed by atoms with Crippen LogP contribution in [0.25, 0.3) is 0 Å². The average molecular weight is 335 g/mol. The summed E-state index contributed by atoms with van der Waals surface area (Å²) in [4.78, 5) is 0. The summed E-state index contributed by atoms with van der Waals surface area (Å²) in [6.07, 6.45) is 3.73. The predicted octanol–water partition coefficient (Wildman–Crippen LogP) is 1.61. The molecular formula is C12H23BrN4O2. The molecule has 0 fully saturated rings. The largest absolute Gasteiger partial charge is 0.383 e. The number of hydrazine groups is 1. The lowest BCUT2D eigenvalue weighted by molar-refractivity contribution is 0.0569. The van der Waals surface area contributed by atoms with Crippen LogP contribution in [-0.4, -0.2) is 36.7 Å². The van der Waals surface area contributed by atoms with E-state index < -0.39 is 0 Å². The second-order valence-electron chi connectivity index (χ2n) is 4.30. The smallest absolute Gasteiger partial charge is 0.0901 e. The molecule has 19 heavy (non-hydrogen) atoms. The molecule has 1 aromatic heterocycles. The Labute approximate surface area is 122 Å². The Hall–Kier alpha value is -0.470. The highest BCUT2D eigenvalue weighted by atomic mass is 79.9. The van der Waals surface area contributed by atoms with Gasteiger partial charge in [-0.25, -0.2) is 5.43 Å². The molecule has 0 bridgehead atoms. The van der Waals surface area contributed by atoms with E-state index in [1.54, 1.807) is 20.4 Å². The number of nitrogens with zero attached hydrogens (tertiary/aromatic N) is 2. The zero-order chi connectivity index (χ0) is 14.3. The van der Waals surface area contributed by atoms with Gasteiger partial charge in [-0.05, 0) is 22.4 Å². The number of rotatable bonds is 9. The second kappa shape index (κ2) is 8.65. The summed E-state index contributed by atoms with van der Waals surface area (Å²) in [7, 11) is 3.38. The molecule has 7 heteroatoms. The molecule has 1 aromatic rings. The first-order valence-electron chi connectivity index (χ1n) is 6.38. The van der Waals surface area contributed by atoms with E-state index in [1.807, 2.05) is 4.68 Å². The molecule has 0 amide bonds. The van der Waals surface area contributed by atoms with E-state index in [2.05, 4.69) is 33.4 Å². The molecule has 0 spiro atoms. The average Bonchev–Trinajstić information content (AvgIpc) is 2.78. The van der Waals surface area contributed by atoms with Gasteiger partial charge in [0, 0.05) is 14.2 Å². The minimum atomic E-state index is -0.112. The van der Waals surface area contributed by atoms with Crippen LogP contribution in [0.4, 0.5) is 0 Å². The quantitative estimate of drug-likeness (QED) is 0.530. The van der Waals surface area contributed by atoms with Gasteiger partial charge in [0.25, 0.3) is 0 Å². The molecule has 110 valence electrons. The van der Waals surface area contributed by atoms with Crippen LogP contribution in [0, 0.1) is 0 Å². The van der Waals surface area contributed by atoms with Crippen molar-refractivity contribution < 1.29 is 9.47 Å². The number of methoxy groups -OCH3 is 2. The van der Waals surface area contributed by atoms with Crippen molar-refractivity contribution >= 4 is 15.9 Å². The van der Waals surface area contributed by atoms with Crippen molar-refractivity contribution in [3.05, 3.63) is 16.4 Å². The lowest BCUT2D eigenvalue weighted by atomic mass is 10.0. The van der Waals surface area contributed by atoms with E-state index in [4.69, 9.17) is 15.3 Å². The fourth-order valence-electron chi connectivity index (χ4n) is 2.10. The third-order valence-corrected chi connectivity index (χ3v) is 3.67. The normalized spacial score (nSPS) is 14.6. The molecular weight excluding hydrogens is 312 g/mol. The minimum absolute atomic E-state index is 0.00398. The van der Waals surface area contributed by atoms with Crippen LogP contribution in [0.1, 0.15) is 31.5 Å². The number of ether oxygens (including phenoxy) is 2. The Kier molecular flexibility index (Phi) is 7.55. The number of hydrogen-bond acceptors (Lipinski definition) is 5. The van der Waals surface area contributed by atoms with Gasteiger partial charge in [0.1, 0.15) is 0 Å². The number of nitrogens with one attached hydrogen (secondary N) is 1. The van der Waals surface area contributed by atoms with Crippen LogP contribution >= 0.6 is 15.9 Å². The van der Waals surface area contributed by atoms with E-state index in [1.165, 1.54) is 0 Å². The van der Waals surface area contributed by atoms with E-state index in [9.17, 15) is 0 Å². The number of nitrogens with two attached hydrogens (primary N) is 1. The predicted molar refractivity (Wildman–Crippen MR) is 77.6 cm³/mol. The summed E-state index contributed by atoms with van der Waals surface area (Å²) in [5.74, 6) is 5.71. The fourth-order valence-corrected chi connectivity index (χ4v) is 2.65. The maximum absolute atomic E-state index is 5.71. The van der Waals surface area contributed by atoms with Crippen LogP contribution in [0.3, 0.4) is 0 Å². The van der Waals surface area contributed by atoms with E-state index in [0.29, 0.717) is 13.2 Å². The summed E-state index contributed by atoms with van der Waals surface area (Å²) in [5, 5.41) is 4.34. The SMILES string of the molecule is CCCC(OC)C(NN)c1c(Br)cnn1CCOC. The molecule has 0 aromatic carbocycles. The van der Waals surface area contributed by atoms with Crippen molar-refractivity contribution in [2.75, 3.05) is 20.8 Å². The first kappa shape index (κ1) is 16.6. The lowest BCUT2D eigenvalue weighted by Gasteiger charge is -2.26. The molecule has 0 saturated carbocycles. The van der Waals surface area contributed by atoms with E-state index >= 15 is 0 Å². The Morgan fingerprint density at radius 3 is 2.79 bits per heavy atom. The Balaban J connectivity index is 2.98. The number of aromatic nitrogens is 2. The standard InChI is InChI=1S/C12H23BrN4O2/c1-4-5-10(19-3)11(16-14)12-9(13)8-15-17(12)6-7-18-2/h8,10-11,16H,4-7,14H2,1-3H3. The van der Waals surface area contributed by atoms with Crippen molar-refractivity contribution in [1.29, 1.82) is 0 Å². The monoisotopic (exact) mass is 334 g/mol. The highest BCUT2D eigenvalue weighted by Gasteiger charge is 2.27. The van der Waals surface area contributed by atoms with Crippen LogP contribution in [-0.2, 0) is 16.0 Å². The maximum atomic E-state index is 5.71. The zero-order valence-electron chi connectivity index (χ0n) is 11.7. The second-order valence-corrected chi connectivity index (χ2v) is 5.16. The van der Waals surface area contributed by atoms with Gasteiger partial charge in [-0.15, -0.1) is 0 Å². The van der Waals surface area contributed by atoms with Crippen LogP contribution in [0.15, 0.2) is 10.7 Å². The maximum Gasteiger partial charge on any atom is 0.0901 e. The van der Waals surface area contributed by atoms with E-state index in [0.717, 1.165) is 23.0 Å². The van der Waals surface area contributed by atoms with Gasteiger partial charge in [0.05, 0.1) is 41.7 Å². The first-order chi connectivity index (χ1) is 9.19. The molecule has 0 aliphatic heterocycles. The van der Waals surface area contributed by atoms with Crippen LogP contribution in [0.5, 0.6) is 0 Å². The summed E-state index contributed by atoms with van der Waals surface area (Å²) in [6, 6.07) is -0.112. The van der Waals surface area contributed by atoms with Crippen molar-refractivity contribution in [2.24, 2.45) is 5.84 Å². The zero-order valence-corrected chi connectivity index (χ0v) is 13.3. The highest BCUT2D eigenvalue weighted by Crippen LogP contribution is 2.28. The summed E-state index contributed by atoms with van der Waals surface area (Å²) in [6.45, 7) is 3.40. The van der Waals surface area contributed by atoms with Crippen LogP contribution in [0.2, 0.25) is 0 Å². The molecule has 0 aliphatic carbocycles. The Morgan fingerprint density at radius 2 is 2.26 bits per heavy atom. The van der Waals surface area contributed by atoms with Crippen molar-refractivity contribution in [3.63, 3.8) is 0 Å². The highest BCUT2D eigenvalue weighted by molar-refractivity contribution is 9.10. The topological polar surface area (TPSA) is 74.3 Å². The third kappa shape index (κ3) is 4.25. The van der Waals surface area contributed by atoms with Gasteiger partial charge in [0.2, 0.25) is 0 Å². The number of hydrogen-bond donors (Lipinski definition) is 2. The van der Waals surface area contributed by atoms with Gasteiger partial charge >= 0.3 is 0 Å². The summed E-state index contributed by atoms with van der Waals surface area (Å²) >= 11 is 3.52. The minimum Gasteiger partial charge on any atom is -0.383 e. The molecule has 1 rings (SSSR count). The van der Waals surface area contributed by atoms with Gasteiger partial charge in [0.15, 0.2) is 0 Å². The molecule has 0 aliphatic rings. The molecule has 0 saturated heterocycles. The first-order valence-corrected chi connectivity index (χ1v) is 7.17. The van der Waals surface area contributed by atoms with Gasteiger partial charge in [-0.2, -0.15) is 5.10 Å². The molecule has 1 heterocycles. The Bertz CT molecular complexity index is 373. The molecule has 3 N–H and O–H groups in total. The van der Waals surface area contributed by atoms with Gasteiger partial charge in [-0.1, -0.05) is 13.3 Å². The lowest BCUT2D eigenvalue weighted by Crippen LogP contribution is -2.39. The Morgan fingerprint density at radius 1 is 1.53 bits per heavy atom. The fraction of sp³-hybridized carbons (Fsp3) is 0.750. The van der Waals surface area contributed by atoms with Gasteiger partial charge in [-0.3, -0.25) is 10.5 Å².